The van der Waals surface area contributed by atoms with Crippen LogP contribution in [0.4, 0.5) is 5.69 Å². The summed E-state index contributed by atoms with van der Waals surface area (Å²) in [4.78, 5) is 25.8. The van der Waals surface area contributed by atoms with Crippen LogP contribution in [-0.4, -0.2) is 38.2 Å². The predicted molar refractivity (Wildman–Crippen MR) is 76.7 cm³/mol. The van der Waals surface area contributed by atoms with E-state index >= 15 is 0 Å². The fraction of sp³-hybridized carbons (Fsp3) is 0.429. The Labute approximate surface area is 130 Å². The fourth-order valence-corrected chi connectivity index (χ4v) is 2.95. The van der Waals surface area contributed by atoms with Gasteiger partial charge in [0.25, 0.3) is 11.7 Å². The van der Waals surface area contributed by atoms with E-state index in [9.17, 15) is 9.59 Å². The molecule has 0 radical (unpaired) electrons. The molecule has 0 unspecified atom stereocenters. The Morgan fingerprint density at radius 3 is 2.81 bits per heavy atom. The second kappa shape index (κ2) is 5.40. The first kappa shape index (κ1) is 14.5. The Morgan fingerprint density at radius 1 is 1.43 bits per heavy atom. The number of carbonyl (C=O) groups is 2. The summed E-state index contributed by atoms with van der Waals surface area (Å²) in [6.45, 7) is 2.51. The van der Waals surface area contributed by atoms with E-state index in [-0.39, 0.29) is 19.1 Å². The maximum Gasteiger partial charge on any atom is 0.326 e. The second-order valence-corrected chi connectivity index (χ2v) is 5.59. The van der Waals surface area contributed by atoms with Gasteiger partial charge < -0.3 is 14.2 Å². The molecule has 1 spiro atoms. The molecule has 0 bridgehead atoms. The summed E-state index contributed by atoms with van der Waals surface area (Å²) < 4.78 is 16.9. The van der Waals surface area contributed by atoms with Crippen molar-refractivity contribution < 1.29 is 23.8 Å². The molecule has 0 aliphatic carbocycles. The Kier molecular flexibility index (Phi) is 3.73. The summed E-state index contributed by atoms with van der Waals surface area (Å²) in [6.07, 6.45) is 0. The first-order valence-electron chi connectivity index (χ1n) is 6.64. The van der Waals surface area contributed by atoms with Crippen LogP contribution in [0.2, 0.25) is 0 Å². The van der Waals surface area contributed by atoms with Crippen LogP contribution >= 0.6 is 15.9 Å². The molecule has 21 heavy (non-hydrogen) atoms. The molecule has 2 aliphatic rings. The van der Waals surface area contributed by atoms with Gasteiger partial charge in [-0.3, -0.25) is 14.5 Å². The summed E-state index contributed by atoms with van der Waals surface area (Å²) in [5.41, 5.74) is 1.22. The third kappa shape index (κ3) is 2.25. The number of anilines is 1. The lowest BCUT2D eigenvalue weighted by atomic mass is 10.1. The molecule has 0 aromatic heterocycles. The molecule has 1 aromatic rings. The number of ether oxygens (including phenoxy) is 3. The van der Waals surface area contributed by atoms with Gasteiger partial charge in [0.05, 0.1) is 25.5 Å². The monoisotopic (exact) mass is 355 g/mol. The lowest BCUT2D eigenvalue weighted by Crippen LogP contribution is -2.43. The molecule has 0 N–H and O–H groups in total. The van der Waals surface area contributed by atoms with Gasteiger partial charge in [-0.1, -0.05) is 15.9 Å². The standard InChI is InChI=1S/C14H14BrNO5/c1-2-19-12(17)8-16-11-4-3-9(15)7-10(11)14(13(16)18)20-5-6-21-14/h3-4,7H,2,5-6,8H2,1H3. The minimum Gasteiger partial charge on any atom is -0.465 e. The molecule has 1 saturated heterocycles. The highest BCUT2D eigenvalue weighted by Crippen LogP contribution is 2.46. The van der Waals surface area contributed by atoms with Crippen LogP contribution in [0.1, 0.15) is 12.5 Å². The number of nitrogens with zero attached hydrogens (tertiary/aromatic N) is 1. The summed E-state index contributed by atoms with van der Waals surface area (Å²) in [7, 11) is 0. The van der Waals surface area contributed by atoms with Gasteiger partial charge in [0.1, 0.15) is 6.54 Å². The molecule has 2 aliphatic heterocycles. The zero-order valence-electron chi connectivity index (χ0n) is 11.4. The lowest BCUT2D eigenvalue weighted by molar-refractivity contribution is -0.181. The van der Waals surface area contributed by atoms with E-state index < -0.39 is 11.8 Å². The minimum absolute atomic E-state index is 0.157. The molecule has 0 saturated carbocycles. The van der Waals surface area contributed by atoms with Crippen molar-refractivity contribution in [3.8, 4) is 0 Å². The lowest BCUT2D eigenvalue weighted by Gasteiger charge is -2.21. The van der Waals surface area contributed by atoms with Gasteiger partial charge in [0.15, 0.2) is 0 Å². The van der Waals surface area contributed by atoms with Crippen molar-refractivity contribution in [2.75, 3.05) is 31.3 Å². The van der Waals surface area contributed by atoms with E-state index in [0.717, 1.165) is 4.47 Å². The van der Waals surface area contributed by atoms with Gasteiger partial charge in [-0.15, -0.1) is 0 Å². The van der Waals surface area contributed by atoms with E-state index in [4.69, 9.17) is 14.2 Å². The van der Waals surface area contributed by atoms with Crippen LogP contribution in [-0.2, 0) is 29.6 Å². The Hall–Kier alpha value is -1.44. The summed E-state index contributed by atoms with van der Waals surface area (Å²) >= 11 is 3.38. The molecule has 6 nitrogen and oxygen atoms in total. The van der Waals surface area contributed by atoms with Crippen LogP contribution in [0.15, 0.2) is 22.7 Å². The van der Waals surface area contributed by atoms with E-state index in [0.29, 0.717) is 24.5 Å². The van der Waals surface area contributed by atoms with E-state index in [1.807, 2.05) is 0 Å². The van der Waals surface area contributed by atoms with Gasteiger partial charge in [-0.05, 0) is 25.1 Å². The molecule has 1 fully saturated rings. The average molecular weight is 356 g/mol. The van der Waals surface area contributed by atoms with Crippen molar-refractivity contribution >= 4 is 33.5 Å². The van der Waals surface area contributed by atoms with E-state index in [2.05, 4.69) is 15.9 Å². The zero-order valence-corrected chi connectivity index (χ0v) is 13.0. The van der Waals surface area contributed by atoms with Crippen molar-refractivity contribution in [2.45, 2.75) is 12.7 Å². The highest BCUT2D eigenvalue weighted by Gasteiger charge is 2.56. The minimum atomic E-state index is -1.42. The Balaban J connectivity index is 2.00. The smallest absolute Gasteiger partial charge is 0.326 e. The molecule has 3 rings (SSSR count). The first-order valence-corrected chi connectivity index (χ1v) is 7.43. The topological polar surface area (TPSA) is 65.1 Å². The normalized spacial score (nSPS) is 19.1. The number of hydrogen-bond donors (Lipinski definition) is 0. The van der Waals surface area contributed by atoms with Gasteiger partial charge in [-0.2, -0.15) is 0 Å². The van der Waals surface area contributed by atoms with Crippen LogP contribution < -0.4 is 4.90 Å². The first-order chi connectivity index (χ1) is 10.1. The predicted octanol–water partition coefficient (Wildman–Crippen LogP) is 1.56. The van der Waals surface area contributed by atoms with Gasteiger partial charge in [0.2, 0.25) is 0 Å². The molecular formula is C14H14BrNO5. The maximum atomic E-state index is 12.7. The SMILES string of the molecule is CCOC(=O)CN1C(=O)C2(OCCO2)c2cc(Br)ccc21. The number of fused-ring (bicyclic) bond motifs is 2. The maximum absolute atomic E-state index is 12.7. The van der Waals surface area contributed by atoms with Crippen molar-refractivity contribution in [3.05, 3.63) is 28.2 Å². The largest absolute Gasteiger partial charge is 0.465 e. The van der Waals surface area contributed by atoms with Crippen molar-refractivity contribution in [1.82, 2.24) is 0 Å². The summed E-state index contributed by atoms with van der Waals surface area (Å²) in [6, 6.07) is 5.35. The van der Waals surface area contributed by atoms with Gasteiger partial charge in [0, 0.05) is 10.0 Å². The summed E-state index contributed by atoms with van der Waals surface area (Å²) in [5.74, 6) is -2.28. The summed E-state index contributed by atoms with van der Waals surface area (Å²) in [5, 5.41) is 0. The molecule has 112 valence electrons. The van der Waals surface area contributed by atoms with Gasteiger partial charge >= 0.3 is 5.97 Å². The van der Waals surface area contributed by atoms with Crippen molar-refractivity contribution in [3.63, 3.8) is 0 Å². The number of carbonyl (C=O) groups excluding carboxylic acids is 2. The number of amides is 1. The number of esters is 1. The highest BCUT2D eigenvalue weighted by atomic mass is 79.9. The van der Waals surface area contributed by atoms with Crippen molar-refractivity contribution in [1.29, 1.82) is 0 Å². The molecule has 2 heterocycles. The van der Waals surface area contributed by atoms with Crippen LogP contribution in [0.5, 0.6) is 0 Å². The average Bonchev–Trinajstić information content (AvgIpc) is 3.02. The van der Waals surface area contributed by atoms with Crippen molar-refractivity contribution in [2.24, 2.45) is 0 Å². The molecular weight excluding hydrogens is 342 g/mol. The Bertz CT molecular complexity index is 597. The second-order valence-electron chi connectivity index (χ2n) is 4.67. The number of halogens is 1. The molecule has 0 atom stereocenters. The molecule has 1 amide bonds. The van der Waals surface area contributed by atoms with Crippen LogP contribution in [0.3, 0.4) is 0 Å². The quantitative estimate of drug-likeness (QED) is 0.769. The van der Waals surface area contributed by atoms with Gasteiger partial charge in [-0.25, -0.2) is 0 Å². The van der Waals surface area contributed by atoms with E-state index in [1.54, 1.807) is 25.1 Å². The van der Waals surface area contributed by atoms with Crippen LogP contribution in [0, 0.1) is 0 Å². The Morgan fingerprint density at radius 2 is 2.14 bits per heavy atom. The molecule has 1 aromatic carbocycles. The zero-order chi connectivity index (χ0) is 15.0. The molecule has 7 heteroatoms. The number of hydrogen-bond acceptors (Lipinski definition) is 5. The van der Waals surface area contributed by atoms with E-state index in [1.165, 1.54) is 4.90 Å². The third-order valence-corrected chi connectivity index (χ3v) is 3.91. The fourth-order valence-electron chi connectivity index (χ4n) is 2.59. The number of rotatable bonds is 3. The highest BCUT2D eigenvalue weighted by molar-refractivity contribution is 9.10. The third-order valence-electron chi connectivity index (χ3n) is 3.42. The van der Waals surface area contributed by atoms with Crippen LogP contribution in [0.25, 0.3) is 0 Å². The number of benzene rings is 1.